The van der Waals surface area contributed by atoms with Crippen LogP contribution >= 0.6 is 0 Å². The molecule has 0 atom stereocenters. The predicted octanol–water partition coefficient (Wildman–Crippen LogP) is 3.40. The second-order valence-corrected chi connectivity index (χ2v) is 4.09. The molecule has 0 saturated carbocycles. The van der Waals surface area contributed by atoms with E-state index in [4.69, 9.17) is 0 Å². The number of rotatable bonds is 3. The van der Waals surface area contributed by atoms with Crippen molar-refractivity contribution in [3.63, 3.8) is 0 Å². The van der Waals surface area contributed by atoms with Gasteiger partial charge in [0.15, 0.2) is 0 Å². The number of hydrogen-bond donors (Lipinski definition) is 1. The summed E-state index contributed by atoms with van der Waals surface area (Å²) < 4.78 is 0. The van der Waals surface area contributed by atoms with E-state index < -0.39 is 0 Å². The molecular weight excluding hydrogens is 222 g/mol. The fourth-order valence-corrected chi connectivity index (χ4v) is 1.66. The van der Waals surface area contributed by atoms with Gasteiger partial charge in [-0.1, -0.05) is 48.0 Å². The van der Waals surface area contributed by atoms with Gasteiger partial charge in [0.05, 0.1) is 0 Å². The van der Waals surface area contributed by atoms with Crippen LogP contribution in [0, 0.1) is 6.92 Å². The van der Waals surface area contributed by atoms with Crippen molar-refractivity contribution in [2.24, 2.45) is 0 Å². The molecule has 0 fully saturated rings. The van der Waals surface area contributed by atoms with Crippen molar-refractivity contribution >= 4 is 12.0 Å². The van der Waals surface area contributed by atoms with Gasteiger partial charge < -0.3 is 5.32 Å². The summed E-state index contributed by atoms with van der Waals surface area (Å²) in [6.45, 7) is 2.04. The average Bonchev–Trinajstić information content (AvgIpc) is 2.40. The first kappa shape index (κ1) is 12.1. The minimum absolute atomic E-state index is 0.0977. The van der Waals surface area contributed by atoms with Gasteiger partial charge in [-0.05, 0) is 30.7 Å². The second-order valence-electron chi connectivity index (χ2n) is 4.09. The normalized spacial score (nSPS) is 10.5. The molecule has 1 N–H and O–H groups in total. The fourth-order valence-electron chi connectivity index (χ4n) is 1.66. The van der Waals surface area contributed by atoms with Gasteiger partial charge >= 0.3 is 0 Å². The molecule has 0 aliphatic heterocycles. The third-order valence-electron chi connectivity index (χ3n) is 2.57. The smallest absolute Gasteiger partial charge is 0.255 e. The van der Waals surface area contributed by atoms with E-state index in [0.717, 1.165) is 5.56 Å². The zero-order chi connectivity index (χ0) is 12.8. The molecule has 0 bridgehead atoms. The predicted molar refractivity (Wildman–Crippen MR) is 74.1 cm³/mol. The van der Waals surface area contributed by atoms with E-state index in [9.17, 15) is 4.79 Å². The molecule has 0 spiro atoms. The van der Waals surface area contributed by atoms with Crippen LogP contribution in [0.1, 0.15) is 21.5 Å². The van der Waals surface area contributed by atoms with Crippen LogP contribution in [0.3, 0.4) is 0 Å². The van der Waals surface area contributed by atoms with Gasteiger partial charge in [0.2, 0.25) is 0 Å². The third-order valence-corrected chi connectivity index (χ3v) is 2.57. The SMILES string of the molecule is Cc1cccc(C=CNC(=O)c2ccccc2)c1. The van der Waals surface area contributed by atoms with Crippen LogP contribution in [0.4, 0.5) is 0 Å². The van der Waals surface area contributed by atoms with Crippen LogP contribution in [-0.2, 0) is 0 Å². The molecule has 2 heteroatoms. The highest BCUT2D eigenvalue weighted by molar-refractivity contribution is 5.95. The number of hydrogen-bond acceptors (Lipinski definition) is 1. The largest absolute Gasteiger partial charge is 0.329 e. The van der Waals surface area contributed by atoms with Gasteiger partial charge in [-0.25, -0.2) is 0 Å². The first-order valence-electron chi connectivity index (χ1n) is 5.85. The molecule has 2 aromatic carbocycles. The van der Waals surface area contributed by atoms with Crippen LogP contribution in [0.25, 0.3) is 6.08 Å². The fraction of sp³-hybridized carbons (Fsp3) is 0.0625. The highest BCUT2D eigenvalue weighted by Gasteiger charge is 2.00. The minimum Gasteiger partial charge on any atom is -0.329 e. The van der Waals surface area contributed by atoms with E-state index in [2.05, 4.69) is 11.4 Å². The van der Waals surface area contributed by atoms with Gasteiger partial charge in [0, 0.05) is 11.8 Å². The lowest BCUT2D eigenvalue weighted by Gasteiger charge is -1.99. The highest BCUT2D eigenvalue weighted by atomic mass is 16.1. The zero-order valence-corrected chi connectivity index (χ0v) is 10.3. The van der Waals surface area contributed by atoms with E-state index in [0.29, 0.717) is 5.56 Å². The second kappa shape index (κ2) is 5.82. The molecule has 0 unspecified atom stereocenters. The Labute approximate surface area is 107 Å². The number of benzene rings is 2. The summed E-state index contributed by atoms with van der Waals surface area (Å²) in [5.41, 5.74) is 2.93. The van der Waals surface area contributed by atoms with Crippen molar-refractivity contribution in [3.8, 4) is 0 Å². The summed E-state index contributed by atoms with van der Waals surface area (Å²) >= 11 is 0. The summed E-state index contributed by atoms with van der Waals surface area (Å²) in [6.07, 6.45) is 3.55. The van der Waals surface area contributed by atoms with Crippen molar-refractivity contribution in [2.75, 3.05) is 0 Å². The van der Waals surface area contributed by atoms with Gasteiger partial charge in [-0.3, -0.25) is 4.79 Å². The molecule has 0 heterocycles. The Kier molecular flexibility index (Phi) is 3.92. The Bertz CT molecular complexity index is 558. The molecule has 0 aliphatic rings. The van der Waals surface area contributed by atoms with Crippen LogP contribution in [-0.4, -0.2) is 5.91 Å². The Morgan fingerprint density at radius 3 is 2.56 bits per heavy atom. The lowest BCUT2D eigenvalue weighted by Crippen LogP contribution is -2.16. The summed E-state index contributed by atoms with van der Waals surface area (Å²) in [6, 6.07) is 17.3. The molecule has 0 aliphatic carbocycles. The van der Waals surface area contributed by atoms with Crippen molar-refractivity contribution in [2.45, 2.75) is 6.92 Å². The van der Waals surface area contributed by atoms with Gasteiger partial charge in [0.25, 0.3) is 5.91 Å². The quantitative estimate of drug-likeness (QED) is 0.871. The summed E-state index contributed by atoms with van der Waals surface area (Å²) in [4.78, 5) is 11.7. The molecule has 2 aromatic rings. The zero-order valence-electron chi connectivity index (χ0n) is 10.3. The molecule has 90 valence electrons. The van der Waals surface area contributed by atoms with Gasteiger partial charge in [-0.2, -0.15) is 0 Å². The maximum Gasteiger partial charge on any atom is 0.255 e. The lowest BCUT2D eigenvalue weighted by atomic mass is 10.1. The van der Waals surface area contributed by atoms with Crippen LogP contribution in [0.15, 0.2) is 60.8 Å². The van der Waals surface area contributed by atoms with E-state index in [1.165, 1.54) is 5.56 Å². The summed E-state index contributed by atoms with van der Waals surface area (Å²) in [5.74, 6) is -0.0977. The van der Waals surface area contributed by atoms with Gasteiger partial charge in [-0.15, -0.1) is 0 Å². The standard InChI is InChI=1S/C16H15NO/c1-13-6-5-7-14(12-13)10-11-17-16(18)15-8-3-2-4-9-15/h2-12H,1H3,(H,17,18). The first-order chi connectivity index (χ1) is 8.75. The van der Waals surface area contributed by atoms with E-state index in [1.807, 2.05) is 49.4 Å². The maximum absolute atomic E-state index is 11.7. The van der Waals surface area contributed by atoms with E-state index in [-0.39, 0.29) is 5.91 Å². The van der Waals surface area contributed by atoms with Crippen molar-refractivity contribution in [1.82, 2.24) is 5.32 Å². The van der Waals surface area contributed by atoms with Crippen molar-refractivity contribution < 1.29 is 4.79 Å². The number of carbonyl (C=O) groups is 1. The Morgan fingerprint density at radius 2 is 1.83 bits per heavy atom. The first-order valence-corrected chi connectivity index (χ1v) is 5.85. The highest BCUT2D eigenvalue weighted by Crippen LogP contribution is 2.05. The number of aryl methyl sites for hydroxylation is 1. The van der Waals surface area contributed by atoms with Crippen molar-refractivity contribution in [1.29, 1.82) is 0 Å². The van der Waals surface area contributed by atoms with Gasteiger partial charge in [0.1, 0.15) is 0 Å². The Hall–Kier alpha value is -2.35. The number of nitrogens with one attached hydrogen (secondary N) is 1. The number of carbonyl (C=O) groups excluding carboxylic acids is 1. The number of amides is 1. The minimum atomic E-state index is -0.0977. The molecule has 2 rings (SSSR count). The molecule has 0 saturated heterocycles. The molecule has 0 aromatic heterocycles. The van der Waals surface area contributed by atoms with E-state index >= 15 is 0 Å². The van der Waals surface area contributed by atoms with Crippen LogP contribution < -0.4 is 5.32 Å². The average molecular weight is 237 g/mol. The monoisotopic (exact) mass is 237 g/mol. The topological polar surface area (TPSA) is 29.1 Å². The molecule has 18 heavy (non-hydrogen) atoms. The van der Waals surface area contributed by atoms with Crippen LogP contribution in [0.2, 0.25) is 0 Å². The van der Waals surface area contributed by atoms with E-state index in [1.54, 1.807) is 18.3 Å². The molecule has 0 radical (unpaired) electrons. The third kappa shape index (κ3) is 3.32. The van der Waals surface area contributed by atoms with Crippen LogP contribution in [0.5, 0.6) is 0 Å². The van der Waals surface area contributed by atoms with Crippen molar-refractivity contribution in [3.05, 3.63) is 77.5 Å². The Balaban J connectivity index is 1.98. The summed E-state index contributed by atoms with van der Waals surface area (Å²) in [7, 11) is 0. The molecule has 1 amide bonds. The molecule has 2 nitrogen and oxygen atoms in total. The summed E-state index contributed by atoms with van der Waals surface area (Å²) in [5, 5.41) is 2.75. The maximum atomic E-state index is 11.7. The lowest BCUT2D eigenvalue weighted by molar-refractivity contribution is 0.0970. The Morgan fingerprint density at radius 1 is 1.06 bits per heavy atom. The molecular formula is C16H15NO.